The summed E-state index contributed by atoms with van der Waals surface area (Å²) in [6.45, 7) is 0. The van der Waals surface area contributed by atoms with Crippen LogP contribution in [0.2, 0.25) is 0 Å². The summed E-state index contributed by atoms with van der Waals surface area (Å²) in [5.74, 6) is 1.52. The first-order chi connectivity index (χ1) is 45.7. The Morgan fingerprint density at radius 1 is 0.174 bits per heavy atom. The number of aromatic nitrogens is 6. The minimum Gasteiger partial charge on any atom is -0.309 e. The molecule has 0 radical (unpaired) electrons. The molecule has 0 N–H and O–H groups in total. The van der Waals surface area contributed by atoms with E-state index in [1.807, 2.05) is 0 Å². The van der Waals surface area contributed by atoms with Gasteiger partial charge in [-0.15, -0.1) is 10.2 Å². The van der Waals surface area contributed by atoms with E-state index in [1.165, 1.54) is 43.6 Å². The van der Waals surface area contributed by atoms with Crippen molar-refractivity contribution in [1.29, 1.82) is 0 Å². The van der Waals surface area contributed by atoms with Crippen molar-refractivity contribution in [3.05, 3.63) is 328 Å². The number of hydrogen-bond donors (Lipinski definition) is 0. The van der Waals surface area contributed by atoms with Crippen molar-refractivity contribution in [3.8, 4) is 78.6 Å². The Morgan fingerprint density at radius 2 is 0.467 bits per heavy atom. The van der Waals surface area contributed by atoms with Crippen molar-refractivity contribution in [1.82, 2.24) is 28.5 Å². The third kappa shape index (κ3) is 7.94. The topological polar surface area (TPSA) is 45.5 Å². The van der Waals surface area contributed by atoms with Crippen LogP contribution in [0, 0.1) is 0 Å². The lowest BCUT2D eigenvalue weighted by atomic mass is 9.87. The molecule has 0 saturated carbocycles. The molecule has 6 nitrogen and oxygen atoms in total. The molecular weight excluding hydrogens is 1120 g/mol. The summed E-state index contributed by atoms with van der Waals surface area (Å²) in [7, 11) is 0. The molecule has 92 heavy (non-hydrogen) atoms. The molecule has 14 aromatic carbocycles. The van der Waals surface area contributed by atoms with Gasteiger partial charge in [0.15, 0.2) is 11.6 Å². The van der Waals surface area contributed by atoms with Gasteiger partial charge in [-0.05, 0) is 165 Å². The monoisotopic (exact) mass is 1170 g/mol. The Balaban J connectivity index is 0.825. The first-order valence-corrected chi connectivity index (χ1v) is 31.5. The SMILES string of the molecule is c1ccc(-c2cccc(-c3ccccc3)c2-c2ccc3c(-n4c5ccccc5c5cc(-c6ccc7c(c6)c6ccccc6n7-c6ccccc6)ccc54)nnc(-n4c5ccccc5c5cc(-c6ccc7c(c6)c6ccccc6n7-c6ccccc6)ccc54)c3c2)cc1. The fourth-order valence-corrected chi connectivity index (χ4v) is 15.0. The van der Waals surface area contributed by atoms with Gasteiger partial charge in [0.1, 0.15) is 0 Å². The minimum absolute atomic E-state index is 0.755. The molecule has 5 aromatic heterocycles. The quantitative estimate of drug-likeness (QED) is 0.145. The number of hydrogen-bond acceptors (Lipinski definition) is 2. The van der Waals surface area contributed by atoms with Crippen molar-refractivity contribution in [2.24, 2.45) is 0 Å². The molecule has 6 heteroatoms. The predicted octanol–water partition coefficient (Wildman–Crippen LogP) is 22.4. The van der Waals surface area contributed by atoms with Gasteiger partial charge in [-0.25, -0.2) is 0 Å². The zero-order chi connectivity index (χ0) is 60.4. The third-order valence-electron chi connectivity index (χ3n) is 19.1. The molecule has 0 unspecified atom stereocenters. The highest BCUT2D eigenvalue weighted by Crippen LogP contribution is 2.46. The summed E-state index contributed by atoms with van der Waals surface area (Å²) < 4.78 is 9.44. The van der Waals surface area contributed by atoms with Crippen molar-refractivity contribution < 1.29 is 0 Å². The number of benzene rings is 14. The minimum atomic E-state index is 0.755. The molecule has 0 bridgehead atoms. The van der Waals surface area contributed by atoms with Crippen molar-refractivity contribution in [2.75, 3.05) is 0 Å². The highest BCUT2D eigenvalue weighted by molar-refractivity contribution is 6.16. The van der Waals surface area contributed by atoms with Crippen molar-refractivity contribution in [2.45, 2.75) is 0 Å². The van der Waals surface area contributed by atoms with Gasteiger partial charge >= 0.3 is 0 Å². The molecule has 19 rings (SSSR count). The summed E-state index contributed by atoms with van der Waals surface area (Å²) in [5.41, 5.74) is 22.7. The van der Waals surface area contributed by atoms with Crippen LogP contribution in [-0.2, 0) is 0 Å². The fourth-order valence-electron chi connectivity index (χ4n) is 15.0. The molecule has 0 amide bonds. The molecule has 0 fully saturated rings. The Hall–Kier alpha value is -12.4. The summed E-state index contributed by atoms with van der Waals surface area (Å²) in [6.07, 6.45) is 0. The molecule has 0 aliphatic carbocycles. The number of fused-ring (bicyclic) bond motifs is 13. The van der Waals surface area contributed by atoms with Crippen molar-refractivity contribution in [3.63, 3.8) is 0 Å². The lowest BCUT2D eigenvalue weighted by Crippen LogP contribution is -2.06. The van der Waals surface area contributed by atoms with E-state index in [1.54, 1.807) is 0 Å². The maximum atomic E-state index is 5.52. The van der Waals surface area contributed by atoms with Gasteiger partial charge in [-0.2, -0.15) is 0 Å². The average Bonchev–Trinajstić information content (AvgIpc) is 1.52. The van der Waals surface area contributed by atoms with E-state index in [2.05, 4.69) is 346 Å². The summed E-state index contributed by atoms with van der Waals surface area (Å²) in [4.78, 5) is 0. The van der Waals surface area contributed by atoms with E-state index >= 15 is 0 Å². The zero-order valence-corrected chi connectivity index (χ0v) is 49.9. The molecule has 0 atom stereocenters. The van der Waals surface area contributed by atoms with Gasteiger partial charge in [0, 0.05) is 65.2 Å². The molecule has 0 spiro atoms. The summed E-state index contributed by atoms with van der Waals surface area (Å²) >= 11 is 0. The Labute approximate surface area is 529 Å². The Morgan fingerprint density at radius 3 is 0.859 bits per heavy atom. The molecular formula is C86H54N6. The Bertz CT molecular complexity index is 6110. The first kappa shape index (κ1) is 51.6. The van der Waals surface area contributed by atoms with Crippen LogP contribution in [0.3, 0.4) is 0 Å². The highest BCUT2D eigenvalue weighted by Gasteiger charge is 2.25. The molecule has 0 aliphatic heterocycles. The van der Waals surface area contributed by atoms with E-state index < -0.39 is 0 Å². The zero-order valence-electron chi connectivity index (χ0n) is 49.9. The highest BCUT2D eigenvalue weighted by atomic mass is 15.3. The second-order valence-corrected chi connectivity index (χ2v) is 24.1. The smallest absolute Gasteiger partial charge is 0.168 e. The third-order valence-corrected chi connectivity index (χ3v) is 19.1. The van der Waals surface area contributed by atoms with Crippen molar-refractivity contribution >= 4 is 98.0 Å². The number of nitrogens with zero attached hydrogens (tertiary/aromatic N) is 6. The standard InChI is InChI=1S/C86H54N6/c1-5-22-55(23-6-1)64-34-21-35-65(56-24-7-2-8-25-56)84(64)61-40-45-70-75(54-61)86(92-79-39-20-16-33-69(79)74-53-60(44-49-83(74)92)58-42-47-81-72(51-58)67-31-14-18-37-77(67)90(81)63-28-11-4-12-29-63)88-87-85(70)91-78-38-19-15-32-68(78)73-52-59(43-48-82(73)91)57-41-46-80-71(50-57)66-30-13-17-36-76(66)89(80)62-26-9-3-10-27-62/h1-54H. The van der Waals surface area contributed by atoms with Crippen LogP contribution < -0.4 is 0 Å². The van der Waals surface area contributed by atoms with Crippen LogP contribution >= 0.6 is 0 Å². The second-order valence-electron chi connectivity index (χ2n) is 24.1. The molecule has 428 valence electrons. The van der Waals surface area contributed by atoms with Gasteiger partial charge in [0.25, 0.3) is 0 Å². The van der Waals surface area contributed by atoms with Gasteiger partial charge in [-0.1, -0.05) is 218 Å². The molecule has 0 saturated heterocycles. The van der Waals surface area contributed by atoms with Crippen LogP contribution in [-0.4, -0.2) is 28.5 Å². The number of rotatable bonds is 9. The van der Waals surface area contributed by atoms with Gasteiger partial charge in [0.05, 0.1) is 44.1 Å². The van der Waals surface area contributed by atoms with E-state index in [9.17, 15) is 0 Å². The van der Waals surface area contributed by atoms with Crippen LogP contribution in [0.5, 0.6) is 0 Å². The van der Waals surface area contributed by atoms with Crippen LogP contribution in [0.25, 0.3) is 177 Å². The molecule has 19 aromatic rings. The van der Waals surface area contributed by atoms with E-state index in [4.69, 9.17) is 10.2 Å². The molecule has 5 heterocycles. The van der Waals surface area contributed by atoms with Crippen LogP contribution in [0.1, 0.15) is 0 Å². The summed E-state index contributed by atoms with van der Waals surface area (Å²) in [5, 5.41) is 22.4. The second kappa shape index (κ2) is 20.6. The Kier molecular flexibility index (Phi) is 11.6. The fraction of sp³-hybridized carbons (Fsp3) is 0. The lowest BCUT2D eigenvalue weighted by molar-refractivity contribution is 0.930. The van der Waals surface area contributed by atoms with E-state index in [0.717, 1.165) is 133 Å². The predicted molar refractivity (Wildman–Crippen MR) is 384 cm³/mol. The lowest BCUT2D eigenvalue weighted by Gasteiger charge is -2.19. The van der Waals surface area contributed by atoms with E-state index in [-0.39, 0.29) is 0 Å². The van der Waals surface area contributed by atoms with Gasteiger partial charge < -0.3 is 9.13 Å². The largest absolute Gasteiger partial charge is 0.309 e. The maximum Gasteiger partial charge on any atom is 0.168 e. The maximum absolute atomic E-state index is 5.52. The van der Waals surface area contributed by atoms with Gasteiger partial charge in [0.2, 0.25) is 0 Å². The van der Waals surface area contributed by atoms with Crippen LogP contribution in [0.15, 0.2) is 328 Å². The normalized spacial score (nSPS) is 11.9. The average molecular weight is 1170 g/mol. The number of para-hydroxylation sites is 6. The first-order valence-electron chi connectivity index (χ1n) is 31.5. The molecule has 0 aliphatic rings. The van der Waals surface area contributed by atoms with Crippen LogP contribution in [0.4, 0.5) is 0 Å². The summed E-state index contributed by atoms with van der Waals surface area (Å²) in [6, 6.07) is 119. The van der Waals surface area contributed by atoms with Gasteiger partial charge in [-0.3, -0.25) is 9.13 Å². The van der Waals surface area contributed by atoms with E-state index in [0.29, 0.717) is 0 Å².